The Morgan fingerprint density at radius 1 is 1.17 bits per heavy atom. The van der Waals surface area contributed by atoms with Crippen molar-refractivity contribution in [1.82, 2.24) is 14.5 Å². The average molecular weight is 447 g/mol. The molecule has 29 heavy (non-hydrogen) atoms. The fourth-order valence-corrected chi connectivity index (χ4v) is 4.42. The van der Waals surface area contributed by atoms with Crippen LogP contribution in [0.1, 0.15) is 13.8 Å². The molecule has 1 aliphatic heterocycles. The molecule has 0 bridgehead atoms. The Kier molecular flexibility index (Phi) is 8.84. The fraction of sp³-hybridized carbons (Fsp3) is 0.556. The number of benzene rings is 1. The number of halogens is 1. The third-order valence-corrected chi connectivity index (χ3v) is 6.83. The van der Waals surface area contributed by atoms with E-state index in [-0.39, 0.29) is 28.7 Å². The quantitative estimate of drug-likeness (QED) is 0.571. The number of morpholine rings is 1. The molecule has 0 radical (unpaired) electrons. The van der Waals surface area contributed by atoms with Gasteiger partial charge in [0, 0.05) is 26.2 Å². The maximum absolute atomic E-state index is 12.8. The summed E-state index contributed by atoms with van der Waals surface area (Å²) in [7, 11) is -3.75. The molecule has 9 nitrogen and oxygen atoms in total. The second-order valence-corrected chi connectivity index (χ2v) is 8.74. The molecule has 0 aliphatic carbocycles. The van der Waals surface area contributed by atoms with Gasteiger partial charge < -0.3 is 20.3 Å². The van der Waals surface area contributed by atoms with Gasteiger partial charge in [0.1, 0.15) is 0 Å². The molecule has 0 atom stereocenters. The summed E-state index contributed by atoms with van der Waals surface area (Å²) >= 11 is 6.08. The minimum Gasteiger partial charge on any atom is -0.379 e. The van der Waals surface area contributed by atoms with Gasteiger partial charge in [-0.1, -0.05) is 25.4 Å². The Bertz CT molecular complexity index is 824. The largest absolute Gasteiger partial charge is 0.379 e. The smallest absolute Gasteiger partial charge is 0.313 e. The maximum Gasteiger partial charge on any atom is 0.313 e. The van der Waals surface area contributed by atoms with Gasteiger partial charge in [-0.15, -0.1) is 0 Å². The van der Waals surface area contributed by atoms with E-state index in [1.54, 1.807) is 0 Å². The Morgan fingerprint density at radius 3 is 2.45 bits per heavy atom. The second kappa shape index (κ2) is 10.9. The fourth-order valence-electron chi connectivity index (χ4n) is 2.82. The Morgan fingerprint density at radius 2 is 1.83 bits per heavy atom. The molecule has 2 rings (SSSR count). The van der Waals surface area contributed by atoms with Gasteiger partial charge in [-0.25, -0.2) is 8.42 Å². The summed E-state index contributed by atoms with van der Waals surface area (Å²) < 4.78 is 32.0. The molecule has 2 N–H and O–H groups in total. The third kappa shape index (κ3) is 6.38. The van der Waals surface area contributed by atoms with E-state index in [2.05, 4.69) is 15.5 Å². The number of carbonyl (C=O) groups is 2. The zero-order valence-corrected chi connectivity index (χ0v) is 18.2. The molecule has 0 saturated carbocycles. The molecule has 0 spiro atoms. The van der Waals surface area contributed by atoms with Crippen molar-refractivity contribution in [2.45, 2.75) is 18.7 Å². The van der Waals surface area contributed by atoms with Crippen molar-refractivity contribution >= 4 is 39.1 Å². The molecular formula is C18H27ClN4O5S. The highest BCUT2D eigenvalue weighted by Crippen LogP contribution is 2.27. The van der Waals surface area contributed by atoms with Gasteiger partial charge in [-0.3, -0.25) is 9.59 Å². The van der Waals surface area contributed by atoms with Gasteiger partial charge >= 0.3 is 11.8 Å². The van der Waals surface area contributed by atoms with Gasteiger partial charge in [0.2, 0.25) is 10.0 Å². The summed E-state index contributed by atoms with van der Waals surface area (Å²) in [6, 6.07) is 4.00. The van der Waals surface area contributed by atoms with Crippen LogP contribution < -0.4 is 10.6 Å². The molecule has 1 fully saturated rings. The number of nitrogens with zero attached hydrogens (tertiary/aromatic N) is 2. The maximum atomic E-state index is 12.8. The van der Waals surface area contributed by atoms with Crippen LogP contribution in [0.3, 0.4) is 0 Å². The molecule has 1 aliphatic rings. The Balaban J connectivity index is 2.04. The lowest BCUT2D eigenvalue weighted by atomic mass is 10.3. The van der Waals surface area contributed by atoms with Crippen LogP contribution in [0.5, 0.6) is 0 Å². The number of anilines is 1. The minimum absolute atomic E-state index is 0.0129. The number of amides is 2. The topological polar surface area (TPSA) is 108 Å². The average Bonchev–Trinajstić information content (AvgIpc) is 2.73. The normalized spacial score (nSPS) is 15.3. The van der Waals surface area contributed by atoms with E-state index in [0.717, 1.165) is 13.1 Å². The first-order valence-electron chi connectivity index (χ1n) is 9.48. The van der Waals surface area contributed by atoms with Crippen LogP contribution >= 0.6 is 11.6 Å². The lowest BCUT2D eigenvalue weighted by molar-refractivity contribution is -0.136. The van der Waals surface area contributed by atoms with Crippen molar-refractivity contribution in [2.75, 3.05) is 57.8 Å². The predicted molar refractivity (Wildman–Crippen MR) is 110 cm³/mol. The molecule has 162 valence electrons. The monoisotopic (exact) mass is 446 g/mol. The van der Waals surface area contributed by atoms with E-state index < -0.39 is 21.8 Å². The molecule has 2 amide bonds. The van der Waals surface area contributed by atoms with Gasteiger partial charge in [0.15, 0.2) is 0 Å². The molecule has 1 aromatic carbocycles. The lowest BCUT2D eigenvalue weighted by Crippen LogP contribution is -2.41. The molecule has 1 aromatic rings. The number of ether oxygens (including phenoxy) is 1. The van der Waals surface area contributed by atoms with Crippen LogP contribution in [-0.4, -0.2) is 81.9 Å². The number of nitrogens with one attached hydrogen (secondary N) is 2. The highest BCUT2D eigenvalue weighted by Gasteiger charge is 2.27. The number of carbonyl (C=O) groups excluding carboxylic acids is 2. The zero-order valence-electron chi connectivity index (χ0n) is 16.6. The number of hydrogen-bond acceptors (Lipinski definition) is 6. The standard InChI is InChI=1S/C18H27ClN4O5S/c1-3-22(4-2)8-7-20-17(24)18(25)21-16-13-14(5-6-15(16)19)29(26,27)23-9-11-28-12-10-23/h5-6,13H,3-4,7-12H2,1-2H3,(H,20,24)(H,21,25). The summed E-state index contributed by atoms with van der Waals surface area (Å²) in [6.45, 7) is 7.82. The van der Waals surface area contributed by atoms with Gasteiger partial charge in [-0.05, 0) is 31.3 Å². The van der Waals surface area contributed by atoms with Crippen molar-refractivity contribution in [3.05, 3.63) is 23.2 Å². The minimum atomic E-state index is -3.75. The summed E-state index contributed by atoms with van der Waals surface area (Å²) in [5.74, 6) is -1.72. The van der Waals surface area contributed by atoms with E-state index in [9.17, 15) is 18.0 Å². The van der Waals surface area contributed by atoms with Crippen LogP contribution in [0.25, 0.3) is 0 Å². The first-order chi connectivity index (χ1) is 13.8. The van der Waals surface area contributed by atoms with Crippen molar-refractivity contribution in [2.24, 2.45) is 0 Å². The van der Waals surface area contributed by atoms with E-state index in [1.165, 1.54) is 22.5 Å². The number of likely N-dealkylation sites (N-methyl/N-ethyl adjacent to an activating group) is 1. The number of rotatable bonds is 8. The summed E-state index contributed by atoms with van der Waals surface area (Å²) in [4.78, 5) is 26.3. The second-order valence-electron chi connectivity index (χ2n) is 6.40. The first-order valence-corrected chi connectivity index (χ1v) is 11.3. The number of hydrogen-bond donors (Lipinski definition) is 2. The van der Waals surface area contributed by atoms with Crippen molar-refractivity contribution in [3.63, 3.8) is 0 Å². The van der Waals surface area contributed by atoms with Crippen molar-refractivity contribution < 1.29 is 22.7 Å². The van der Waals surface area contributed by atoms with Crippen LogP contribution in [0.2, 0.25) is 5.02 Å². The van der Waals surface area contributed by atoms with Crippen LogP contribution in [0.15, 0.2) is 23.1 Å². The first kappa shape index (κ1) is 23.6. The molecule has 0 unspecified atom stereocenters. The van der Waals surface area contributed by atoms with E-state index in [4.69, 9.17) is 16.3 Å². The van der Waals surface area contributed by atoms with Crippen molar-refractivity contribution in [3.8, 4) is 0 Å². The van der Waals surface area contributed by atoms with Crippen LogP contribution in [-0.2, 0) is 24.3 Å². The highest BCUT2D eigenvalue weighted by molar-refractivity contribution is 7.89. The van der Waals surface area contributed by atoms with Crippen LogP contribution in [0.4, 0.5) is 5.69 Å². The molecule has 1 saturated heterocycles. The van der Waals surface area contributed by atoms with Gasteiger partial charge in [-0.2, -0.15) is 4.31 Å². The predicted octanol–water partition coefficient (Wildman–Crippen LogP) is 0.757. The van der Waals surface area contributed by atoms with Crippen molar-refractivity contribution in [1.29, 1.82) is 0 Å². The molecular weight excluding hydrogens is 420 g/mol. The third-order valence-electron chi connectivity index (χ3n) is 4.61. The van der Waals surface area contributed by atoms with E-state index >= 15 is 0 Å². The summed E-state index contributed by atoms with van der Waals surface area (Å²) in [5, 5.41) is 5.06. The Labute approximate surface area is 176 Å². The highest BCUT2D eigenvalue weighted by atomic mass is 35.5. The molecule has 0 aromatic heterocycles. The van der Waals surface area contributed by atoms with Crippen LogP contribution in [0, 0.1) is 0 Å². The Hall–Kier alpha value is -1.72. The molecule has 1 heterocycles. The van der Waals surface area contributed by atoms with E-state index in [0.29, 0.717) is 26.3 Å². The number of sulfonamides is 1. The van der Waals surface area contributed by atoms with Gasteiger partial charge in [0.05, 0.1) is 28.8 Å². The lowest BCUT2D eigenvalue weighted by Gasteiger charge is -2.26. The summed E-state index contributed by atoms with van der Waals surface area (Å²) in [5.41, 5.74) is 0.0601. The zero-order chi connectivity index (χ0) is 21.4. The SMILES string of the molecule is CCN(CC)CCNC(=O)C(=O)Nc1cc(S(=O)(=O)N2CCOCC2)ccc1Cl. The van der Waals surface area contributed by atoms with E-state index in [1.807, 2.05) is 13.8 Å². The summed E-state index contributed by atoms with van der Waals surface area (Å²) in [6.07, 6.45) is 0. The molecule has 11 heteroatoms. The van der Waals surface area contributed by atoms with Gasteiger partial charge in [0.25, 0.3) is 0 Å².